The van der Waals surface area contributed by atoms with E-state index in [9.17, 15) is 10.2 Å². The normalized spacial score (nSPS) is 25.4. The second-order valence-electron chi connectivity index (χ2n) is 4.40. The van der Waals surface area contributed by atoms with Crippen molar-refractivity contribution in [2.75, 3.05) is 13.1 Å². The number of rotatable bonds is 3. The molecule has 0 radical (unpaired) electrons. The van der Waals surface area contributed by atoms with E-state index in [0.29, 0.717) is 13.1 Å². The molecule has 0 bridgehead atoms. The van der Waals surface area contributed by atoms with Crippen LogP contribution < -0.4 is 0 Å². The molecule has 1 aliphatic heterocycles. The quantitative estimate of drug-likeness (QED) is 0.831. The van der Waals surface area contributed by atoms with Crippen molar-refractivity contribution in [1.82, 2.24) is 4.90 Å². The highest BCUT2D eigenvalue weighted by Crippen LogP contribution is 2.24. The fraction of sp³-hybridized carbons (Fsp3) is 0.429. The second kappa shape index (κ2) is 5.34. The van der Waals surface area contributed by atoms with Crippen molar-refractivity contribution in [3.8, 4) is 0 Å². The van der Waals surface area contributed by atoms with E-state index in [2.05, 4.69) is 25.1 Å². The molecule has 17 heavy (non-hydrogen) atoms. The van der Waals surface area contributed by atoms with Crippen molar-refractivity contribution in [2.45, 2.75) is 25.6 Å². The van der Waals surface area contributed by atoms with E-state index >= 15 is 0 Å². The number of aliphatic hydroxyl groups excluding tert-OH is 2. The standard InChI is InChI=1S/C14H19NO2/c1-2-6-12(11-7-4-3-5-8-11)15-9-13(16)14(17)10-15/h3-8,13-14,16-17H,2,9-10H2,1H3/b12-6-/t13-,14+. The Morgan fingerprint density at radius 1 is 1.24 bits per heavy atom. The van der Waals surface area contributed by atoms with Crippen LogP contribution in [0.3, 0.4) is 0 Å². The third kappa shape index (κ3) is 2.68. The molecular formula is C14H19NO2. The highest BCUT2D eigenvalue weighted by Gasteiger charge is 2.30. The predicted octanol–water partition coefficient (Wildman–Crippen LogP) is 1.47. The maximum absolute atomic E-state index is 9.61. The van der Waals surface area contributed by atoms with E-state index in [4.69, 9.17) is 0 Å². The maximum Gasteiger partial charge on any atom is 0.0990 e. The zero-order chi connectivity index (χ0) is 12.3. The molecule has 0 unspecified atom stereocenters. The zero-order valence-electron chi connectivity index (χ0n) is 10.1. The molecule has 3 nitrogen and oxygen atoms in total. The Hall–Kier alpha value is -1.32. The second-order valence-corrected chi connectivity index (χ2v) is 4.40. The molecule has 0 spiro atoms. The molecule has 0 saturated carbocycles. The van der Waals surface area contributed by atoms with Gasteiger partial charge in [-0.05, 0) is 12.0 Å². The molecule has 1 aromatic carbocycles. The first-order valence-electron chi connectivity index (χ1n) is 6.09. The molecule has 1 aliphatic rings. The van der Waals surface area contributed by atoms with Crippen LogP contribution in [0.1, 0.15) is 18.9 Å². The van der Waals surface area contributed by atoms with Crippen molar-refractivity contribution in [3.63, 3.8) is 0 Å². The monoisotopic (exact) mass is 233 g/mol. The first-order valence-corrected chi connectivity index (χ1v) is 6.09. The highest BCUT2D eigenvalue weighted by atomic mass is 16.3. The summed E-state index contributed by atoms with van der Waals surface area (Å²) in [5, 5.41) is 19.2. The van der Waals surface area contributed by atoms with Gasteiger partial charge in [-0.15, -0.1) is 0 Å². The lowest BCUT2D eigenvalue weighted by Crippen LogP contribution is -2.22. The van der Waals surface area contributed by atoms with E-state index in [1.807, 2.05) is 23.1 Å². The van der Waals surface area contributed by atoms with Gasteiger partial charge in [0.2, 0.25) is 0 Å². The average molecular weight is 233 g/mol. The minimum absolute atomic E-state index is 0.502. The summed E-state index contributed by atoms with van der Waals surface area (Å²) in [6.07, 6.45) is 1.80. The average Bonchev–Trinajstić information content (AvgIpc) is 2.67. The lowest BCUT2D eigenvalue weighted by molar-refractivity contribution is 0.0572. The number of nitrogens with zero attached hydrogens (tertiary/aromatic N) is 1. The van der Waals surface area contributed by atoms with Gasteiger partial charge in [-0.25, -0.2) is 0 Å². The summed E-state index contributed by atoms with van der Waals surface area (Å²) in [5.41, 5.74) is 2.24. The van der Waals surface area contributed by atoms with Crippen LogP contribution in [0.2, 0.25) is 0 Å². The van der Waals surface area contributed by atoms with Crippen LogP contribution in [0.15, 0.2) is 36.4 Å². The van der Waals surface area contributed by atoms with Crippen molar-refractivity contribution in [3.05, 3.63) is 42.0 Å². The molecule has 2 rings (SSSR count). The van der Waals surface area contributed by atoms with Crippen LogP contribution >= 0.6 is 0 Å². The van der Waals surface area contributed by atoms with Gasteiger partial charge in [0.25, 0.3) is 0 Å². The van der Waals surface area contributed by atoms with Gasteiger partial charge in [0.05, 0.1) is 12.2 Å². The minimum atomic E-state index is -0.640. The van der Waals surface area contributed by atoms with E-state index < -0.39 is 12.2 Å². The molecule has 1 fully saturated rings. The Labute approximate surface area is 102 Å². The zero-order valence-corrected chi connectivity index (χ0v) is 10.1. The molecule has 1 heterocycles. The number of hydrogen-bond acceptors (Lipinski definition) is 3. The number of benzene rings is 1. The molecule has 1 saturated heterocycles. The molecule has 2 atom stereocenters. The first-order chi connectivity index (χ1) is 8.22. The highest BCUT2D eigenvalue weighted by molar-refractivity contribution is 5.64. The van der Waals surface area contributed by atoms with E-state index in [1.54, 1.807) is 0 Å². The third-order valence-corrected chi connectivity index (χ3v) is 3.07. The van der Waals surface area contributed by atoms with Crippen molar-refractivity contribution in [2.24, 2.45) is 0 Å². The maximum atomic E-state index is 9.61. The van der Waals surface area contributed by atoms with Gasteiger partial charge < -0.3 is 15.1 Å². The molecular weight excluding hydrogens is 214 g/mol. The third-order valence-electron chi connectivity index (χ3n) is 3.07. The van der Waals surface area contributed by atoms with Gasteiger partial charge in [-0.1, -0.05) is 43.3 Å². The summed E-state index contributed by atoms with van der Waals surface area (Å²) in [4.78, 5) is 2.05. The Bertz CT molecular complexity index is 378. The summed E-state index contributed by atoms with van der Waals surface area (Å²) in [5.74, 6) is 0. The molecule has 92 valence electrons. The predicted molar refractivity (Wildman–Crippen MR) is 68.3 cm³/mol. The van der Waals surface area contributed by atoms with Gasteiger partial charge >= 0.3 is 0 Å². The summed E-state index contributed by atoms with van der Waals surface area (Å²) >= 11 is 0. The Morgan fingerprint density at radius 3 is 2.35 bits per heavy atom. The van der Waals surface area contributed by atoms with Gasteiger partial charge in [0.15, 0.2) is 0 Å². The molecule has 2 N–H and O–H groups in total. The summed E-state index contributed by atoms with van der Waals surface area (Å²) in [6.45, 7) is 3.09. The van der Waals surface area contributed by atoms with Gasteiger partial charge in [-0.3, -0.25) is 0 Å². The summed E-state index contributed by atoms with van der Waals surface area (Å²) in [6, 6.07) is 10.1. The lowest BCUT2D eigenvalue weighted by atomic mass is 10.1. The first kappa shape index (κ1) is 12.1. The minimum Gasteiger partial charge on any atom is -0.389 e. The van der Waals surface area contributed by atoms with Gasteiger partial charge in [0, 0.05) is 18.8 Å². The number of hydrogen-bond donors (Lipinski definition) is 2. The number of likely N-dealkylation sites (tertiary alicyclic amines) is 1. The van der Waals surface area contributed by atoms with E-state index in [1.165, 1.54) is 0 Å². The SMILES string of the molecule is CC/C=C(/c1ccccc1)N1C[C@@H](O)[C@@H](O)C1. The molecule has 1 aromatic rings. The molecule has 0 amide bonds. The van der Waals surface area contributed by atoms with Crippen LogP contribution in [0.25, 0.3) is 5.70 Å². The van der Waals surface area contributed by atoms with Crippen LogP contribution in [0.4, 0.5) is 0 Å². The molecule has 0 aliphatic carbocycles. The molecule has 0 aromatic heterocycles. The van der Waals surface area contributed by atoms with Crippen LogP contribution in [0, 0.1) is 0 Å². The van der Waals surface area contributed by atoms with Crippen molar-refractivity contribution < 1.29 is 10.2 Å². The number of allylic oxidation sites excluding steroid dienone is 1. The molecule has 3 heteroatoms. The number of β-amino-alcohol motifs (C(OH)–C–C–N with tert-alkyl or cyclic N) is 2. The van der Waals surface area contributed by atoms with Crippen LogP contribution in [-0.2, 0) is 0 Å². The van der Waals surface area contributed by atoms with E-state index in [0.717, 1.165) is 17.7 Å². The Kier molecular flexibility index (Phi) is 3.82. The summed E-state index contributed by atoms with van der Waals surface area (Å²) < 4.78 is 0. The van der Waals surface area contributed by atoms with Gasteiger partial charge in [0.1, 0.15) is 0 Å². The van der Waals surface area contributed by atoms with Crippen LogP contribution in [-0.4, -0.2) is 40.4 Å². The fourth-order valence-corrected chi connectivity index (χ4v) is 2.20. The topological polar surface area (TPSA) is 43.7 Å². The van der Waals surface area contributed by atoms with Crippen molar-refractivity contribution >= 4 is 5.70 Å². The smallest absolute Gasteiger partial charge is 0.0990 e. The Balaban J connectivity index is 2.23. The summed E-state index contributed by atoms with van der Waals surface area (Å²) in [7, 11) is 0. The van der Waals surface area contributed by atoms with Crippen LogP contribution in [0.5, 0.6) is 0 Å². The van der Waals surface area contributed by atoms with Crippen molar-refractivity contribution in [1.29, 1.82) is 0 Å². The van der Waals surface area contributed by atoms with E-state index in [-0.39, 0.29) is 0 Å². The Morgan fingerprint density at radius 2 is 1.82 bits per heavy atom. The largest absolute Gasteiger partial charge is 0.389 e. The lowest BCUT2D eigenvalue weighted by Gasteiger charge is -2.22. The number of aliphatic hydroxyl groups is 2. The van der Waals surface area contributed by atoms with Gasteiger partial charge in [-0.2, -0.15) is 0 Å². The fourth-order valence-electron chi connectivity index (χ4n) is 2.20.